The molecule has 0 N–H and O–H groups in total. The molecule has 0 saturated heterocycles. The molecule has 0 aliphatic carbocycles. The van der Waals surface area contributed by atoms with Gasteiger partial charge in [-0.25, -0.2) is 0 Å². The molecule has 1 radical (unpaired) electrons. The molecule has 0 amide bonds. The van der Waals surface area contributed by atoms with Crippen molar-refractivity contribution in [2.24, 2.45) is 0 Å². The molecule has 0 aromatic carbocycles. The minimum absolute atomic E-state index is 0.300. The van der Waals surface area contributed by atoms with Gasteiger partial charge >= 0.3 is 92.4 Å². The van der Waals surface area contributed by atoms with E-state index in [9.17, 15) is 0 Å². The summed E-state index contributed by atoms with van der Waals surface area (Å²) in [5, 5.41) is 0.300. The summed E-state index contributed by atoms with van der Waals surface area (Å²) in [6, 6.07) is 0. The van der Waals surface area contributed by atoms with Gasteiger partial charge in [0.2, 0.25) is 0 Å². The molecule has 0 spiro atoms. The summed E-state index contributed by atoms with van der Waals surface area (Å²) in [4.78, 5) is 0. The first kappa shape index (κ1) is 25.2. The van der Waals surface area contributed by atoms with Crippen molar-refractivity contribution in [3.63, 3.8) is 0 Å². The molecule has 22 heavy (non-hydrogen) atoms. The van der Waals surface area contributed by atoms with Crippen LogP contribution in [0.2, 0.25) is 31.4 Å². The largest absolute Gasteiger partial charge is 0.415 e. The Morgan fingerprint density at radius 1 is 0.818 bits per heavy atom. The molecule has 0 aliphatic rings. The third-order valence-corrected chi connectivity index (χ3v) is 19.9. The van der Waals surface area contributed by atoms with Crippen molar-refractivity contribution in [2.75, 3.05) is 0 Å². The Kier molecular flexibility index (Phi) is 16.4. The first-order chi connectivity index (χ1) is 10.2. The van der Waals surface area contributed by atoms with Crippen LogP contribution >= 0.6 is 0 Å². The van der Waals surface area contributed by atoms with Crippen LogP contribution in [-0.2, 0) is 4.43 Å². The summed E-state index contributed by atoms with van der Waals surface area (Å²) in [5.74, 6) is 0. The Bertz CT molecular complexity index is 217. The van der Waals surface area contributed by atoms with E-state index in [-0.39, 0.29) is 0 Å². The van der Waals surface area contributed by atoms with Crippen molar-refractivity contribution >= 4 is 28.1 Å². The van der Waals surface area contributed by atoms with Gasteiger partial charge in [-0.3, -0.25) is 0 Å². The zero-order chi connectivity index (χ0) is 17.6. The quantitative estimate of drug-likeness (QED) is 0.324. The second-order valence-corrected chi connectivity index (χ2v) is 22.9. The molecule has 0 saturated carbocycles. The first-order valence-corrected chi connectivity index (χ1v) is 19.5. The van der Waals surface area contributed by atoms with E-state index in [1.165, 1.54) is 38.5 Å². The van der Waals surface area contributed by atoms with Crippen molar-refractivity contribution in [3.8, 4) is 0 Å². The monoisotopic (exact) mass is 437 g/mol. The summed E-state index contributed by atoms with van der Waals surface area (Å²) in [5.41, 5.74) is 0. The fourth-order valence-electron chi connectivity index (χ4n) is 2.13. The Balaban J connectivity index is 0. The third kappa shape index (κ3) is 13.4. The van der Waals surface area contributed by atoms with Gasteiger partial charge in [0.25, 0.3) is 0 Å². The fraction of sp³-hybridized carbons (Fsp3) is 0.947. The molecule has 0 aliphatic heterocycles. The molecule has 0 fully saturated rings. The summed E-state index contributed by atoms with van der Waals surface area (Å²) in [6.07, 6.45) is 8.87. The molecule has 0 rings (SSSR count). The van der Waals surface area contributed by atoms with Crippen LogP contribution in [0.3, 0.4) is 0 Å². The average Bonchev–Trinajstić information content (AvgIpc) is 2.46. The topological polar surface area (TPSA) is 9.23 Å². The predicted octanol–water partition coefficient (Wildman–Crippen LogP) is 7.41. The van der Waals surface area contributed by atoms with Crippen molar-refractivity contribution < 1.29 is 4.43 Å². The molecule has 1 nitrogen and oxygen atoms in total. The normalized spacial score (nSPS) is 12.3. The molecule has 135 valence electrons. The molecule has 0 heterocycles. The van der Waals surface area contributed by atoms with Crippen LogP contribution < -0.4 is 0 Å². The van der Waals surface area contributed by atoms with E-state index in [1.54, 1.807) is 13.3 Å². The van der Waals surface area contributed by atoms with Gasteiger partial charge in [0.15, 0.2) is 8.32 Å². The van der Waals surface area contributed by atoms with Gasteiger partial charge in [0.1, 0.15) is 0 Å². The minimum atomic E-state index is -1.49. The third-order valence-electron chi connectivity index (χ3n) is 5.06. The second kappa shape index (κ2) is 14.3. The Morgan fingerprint density at radius 3 is 1.27 bits per heavy atom. The maximum Gasteiger partial charge on any atom is 0.192 e. The molecular weight excluding hydrogens is 391 g/mol. The smallest absolute Gasteiger partial charge is 0.192 e. The van der Waals surface area contributed by atoms with Gasteiger partial charge in [-0.2, -0.15) is 0 Å². The van der Waals surface area contributed by atoms with E-state index in [0.717, 1.165) is 0 Å². The zero-order valence-electron chi connectivity index (χ0n) is 17.1. The van der Waals surface area contributed by atoms with Gasteiger partial charge in [-0.15, -0.1) is 0 Å². The van der Waals surface area contributed by atoms with Crippen LogP contribution in [-0.4, -0.2) is 28.1 Å². The molecule has 0 aromatic rings. The molecule has 0 bridgehead atoms. The van der Waals surface area contributed by atoms with Gasteiger partial charge in [-0.1, -0.05) is 20.8 Å². The van der Waals surface area contributed by atoms with Crippen LogP contribution in [0.1, 0.15) is 80.1 Å². The van der Waals surface area contributed by atoms with Crippen LogP contribution in [0.5, 0.6) is 0 Å². The van der Waals surface area contributed by atoms with Crippen LogP contribution in [0.4, 0.5) is 0 Å². The van der Waals surface area contributed by atoms with E-state index in [0.29, 0.717) is 5.04 Å². The summed E-state index contributed by atoms with van der Waals surface area (Å²) < 4.78 is 10.3. The standard InChI is InChI=1S/C7H17OSi.3C4H9.Sn.H/c1-7(2,3)9(5,6)8-4;3*1-3-4-2;;/h4H2,1-3,5-6H3;3*1,3-4H2,2H3;;. The van der Waals surface area contributed by atoms with Crippen LogP contribution in [0.25, 0.3) is 0 Å². The number of unbranched alkanes of at least 4 members (excludes halogenated alkanes) is 3. The van der Waals surface area contributed by atoms with Crippen LogP contribution in [0, 0.1) is 7.11 Å². The summed E-state index contributed by atoms with van der Waals surface area (Å²) in [7, 11) is 2.00. The number of rotatable bonds is 10. The summed E-state index contributed by atoms with van der Waals surface area (Å²) >= 11 is -0.967. The molecule has 0 unspecified atom stereocenters. The first-order valence-electron chi connectivity index (χ1n) is 9.59. The van der Waals surface area contributed by atoms with Gasteiger partial charge in [-0.05, 0) is 18.1 Å². The van der Waals surface area contributed by atoms with E-state index >= 15 is 0 Å². The summed E-state index contributed by atoms with van der Waals surface area (Å²) in [6.45, 7) is 18.0. The van der Waals surface area contributed by atoms with E-state index in [2.05, 4.69) is 61.7 Å². The van der Waals surface area contributed by atoms with Crippen molar-refractivity contribution in [2.45, 2.75) is 112 Å². The van der Waals surface area contributed by atoms with E-state index < -0.39 is 28.1 Å². The average molecular weight is 436 g/mol. The zero-order valence-corrected chi connectivity index (χ0v) is 21.4. The minimum Gasteiger partial charge on any atom is -0.415 e. The van der Waals surface area contributed by atoms with E-state index in [4.69, 9.17) is 4.43 Å². The second-order valence-electron chi connectivity index (χ2n) is 8.20. The maximum atomic E-state index is 5.19. The van der Waals surface area contributed by atoms with E-state index in [1.807, 2.05) is 0 Å². The SMILES string of the molecule is CCC[CH2][SnH]([CH2]CCC)[CH2]CCC.[CH2]O[Si](C)(C)C(C)(C)C. The maximum absolute atomic E-state index is 5.19. The van der Waals surface area contributed by atoms with Crippen molar-refractivity contribution in [1.82, 2.24) is 0 Å². The van der Waals surface area contributed by atoms with Crippen molar-refractivity contribution in [3.05, 3.63) is 7.11 Å². The van der Waals surface area contributed by atoms with Crippen LogP contribution in [0.15, 0.2) is 0 Å². The molecule has 3 heteroatoms. The fourth-order valence-corrected chi connectivity index (χ4v) is 13.5. The Hall–Kier alpha value is 0.976. The Morgan fingerprint density at radius 2 is 1.14 bits per heavy atom. The van der Waals surface area contributed by atoms with Gasteiger partial charge in [0, 0.05) is 0 Å². The predicted molar refractivity (Wildman–Crippen MR) is 110 cm³/mol. The molecular formula is C19H45OSiSn. The van der Waals surface area contributed by atoms with Gasteiger partial charge < -0.3 is 4.43 Å². The molecule has 0 aromatic heterocycles. The number of hydrogen-bond donors (Lipinski definition) is 0. The van der Waals surface area contributed by atoms with Gasteiger partial charge in [0.05, 0.1) is 7.11 Å². The number of hydrogen-bond acceptors (Lipinski definition) is 1. The van der Waals surface area contributed by atoms with Crippen molar-refractivity contribution in [1.29, 1.82) is 0 Å². The Labute approximate surface area is 150 Å². The molecule has 0 atom stereocenters.